The van der Waals surface area contributed by atoms with Crippen molar-refractivity contribution in [2.75, 3.05) is 6.61 Å². The van der Waals surface area contributed by atoms with Gasteiger partial charge in [-0.2, -0.15) is 0 Å². The zero-order valence-corrected chi connectivity index (χ0v) is 8.37. The van der Waals surface area contributed by atoms with Gasteiger partial charge < -0.3 is 10.1 Å². The van der Waals surface area contributed by atoms with Crippen LogP contribution in [0.4, 0.5) is 0 Å². The second-order valence-corrected chi connectivity index (χ2v) is 3.91. The Morgan fingerprint density at radius 3 is 2.82 bits per heavy atom. The Labute approximate surface area is 80.4 Å². The molecule has 1 fully saturated rings. The monoisotopic (exact) mass is 205 g/mol. The maximum Gasteiger partial charge on any atom is 0.143 e. The molecule has 0 amide bonds. The van der Waals surface area contributed by atoms with Crippen LogP contribution in [0.25, 0.3) is 0 Å². The molecule has 0 aromatic heterocycles. The van der Waals surface area contributed by atoms with E-state index < -0.39 is 0 Å². The van der Waals surface area contributed by atoms with Gasteiger partial charge in [0.15, 0.2) is 0 Å². The van der Waals surface area contributed by atoms with Gasteiger partial charge in [0, 0.05) is 0 Å². The largest absolute Gasteiger partial charge is 0.500 e. The third-order valence-corrected chi connectivity index (χ3v) is 2.61. The number of hydrogen-bond donors (Lipinski definition) is 1. The van der Waals surface area contributed by atoms with Gasteiger partial charge in [0.2, 0.25) is 0 Å². The Morgan fingerprint density at radius 2 is 2.36 bits per heavy atom. The van der Waals surface area contributed by atoms with Crippen LogP contribution in [0.3, 0.4) is 0 Å². The molecule has 1 saturated heterocycles. The molecule has 0 unspecified atom stereocenters. The van der Waals surface area contributed by atoms with Crippen LogP contribution in [0.5, 0.6) is 0 Å². The molecule has 0 aromatic carbocycles. The third-order valence-electron chi connectivity index (χ3n) is 0.999. The molecule has 1 aliphatic heterocycles. The van der Waals surface area contributed by atoms with E-state index >= 15 is 0 Å². The number of thioether (sulfide) groups is 1. The van der Waals surface area contributed by atoms with Crippen LogP contribution in [0.2, 0.25) is 0 Å². The first-order valence-electron chi connectivity index (χ1n) is 3.09. The Bertz CT molecular complexity index is 224. The molecule has 0 saturated carbocycles. The van der Waals surface area contributed by atoms with Crippen molar-refractivity contribution >= 4 is 45.5 Å². The van der Waals surface area contributed by atoms with Gasteiger partial charge in [0.1, 0.15) is 9.31 Å². The average Bonchev–Trinajstić information content (AvgIpc) is 2.26. The van der Waals surface area contributed by atoms with Crippen LogP contribution in [0.1, 0.15) is 6.92 Å². The van der Waals surface area contributed by atoms with E-state index in [9.17, 15) is 0 Å². The molecule has 11 heavy (non-hydrogen) atoms. The molecule has 0 atom stereocenters. The van der Waals surface area contributed by atoms with Crippen molar-refractivity contribution in [3.63, 3.8) is 0 Å². The lowest BCUT2D eigenvalue weighted by Crippen LogP contribution is -2.15. The highest BCUT2D eigenvalue weighted by molar-refractivity contribution is 8.27. The molecule has 1 aliphatic rings. The van der Waals surface area contributed by atoms with Crippen LogP contribution < -0.4 is 5.32 Å². The quantitative estimate of drug-likeness (QED) is 0.420. The second kappa shape index (κ2) is 4.04. The molecular formula is C6H7NOS3. The molecular weight excluding hydrogens is 198 g/mol. The Balaban J connectivity index is 2.59. The van der Waals surface area contributed by atoms with Crippen LogP contribution in [-0.2, 0) is 4.74 Å². The summed E-state index contributed by atoms with van der Waals surface area (Å²) in [5.74, 6) is 0. The second-order valence-electron chi connectivity index (χ2n) is 1.78. The van der Waals surface area contributed by atoms with Crippen molar-refractivity contribution in [3.8, 4) is 0 Å². The van der Waals surface area contributed by atoms with E-state index in [2.05, 4.69) is 5.32 Å². The molecule has 0 radical (unpaired) electrons. The van der Waals surface area contributed by atoms with Crippen LogP contribution >= 0.6 is 36.2 Å². The summed E-state index contributed by atoms with van der Waals surface area (Å²) in [7, 11) is 0. The number of ether oxygens (including phenoxy) is 1. The van der Waals surface area contributed by atoms with E-state index in [0.717, 1.165) is 4.91 Å². The summed E-state index contributed by atoms with van der Waals surface area (Å²) < 4.78 is 5.76. The summed E-state index contributed by atoms with van der Waals surface area (Å²) in [4.78, 5) is 1.56. The van der Waals surface area contributed by atoms with Gasteiger partial charge in [-0.1, -0.05) is 36.2 Å². The third kappa shape index (κ3) is 2.43. The normalized spacial score (nSPS) is 20.6. The first kappa shape index (κ1) is 8.96. The zero-order valence-electron chi connectivity index (χ0n) is 5.92. The fourth-order valence-corrected chi connectivity index (χ4v) is 1.95. The Hall–Kier alpha value is -0.130. The number of rotatable bonds is 2. The molecule has 0 aliphatic carbocycles. The van der Waals surface area contributed by atoms with E-state index in [0.29, 0.717) is 15.9 Å². The van der Waals surface area contributed by atoms with Crippen molar-refractivity contribution in [1.82, 2.24) is 5.32 Å². The first-order valence-corrected chi connectivity index (χ1v) is 4.72. The highest BCUT2D eigenvalue weighted by Crippen LogP contribution is 2.24. The smallest absolute Gasteiger partial charge is 0.143 e. The van der Waals surface area contributed by atoms with Crippen LogP contribution in [0, 0.1) is 0 Å². The highest BCUT2D eigenvalue weighted by Gasteiger charge is 2.18. The maximum absolute atomic E-state index is 5.07. The first-order chi connectivity index (χ1) is 5.24. The molecule has 1 rings (SSSR count). The number of nitrogens with one attached hydrogen (secondary N) is 1. The van der Waals surface area contributed by atoms with E-state index in [1.807, 2.05) is 6.92 Å². The van der Waals surface area contributed by atoms with E-state index in [1.165, 1.54) is 11.8 Å². The molecule has 1 N–H and O–H groups in total. The molecule has 0 bridgehead atoms. The van der Waals surface area contributed by atoms with Gasteiger partial charge in [-0.15, -0.1) is 0 Å². The lowest BCUT2D eigenvalue weighted by atomic mass is 10.6. The highest BCUT2D eigenvalue weighted by atomic mass is 32.2. The molecule has 1 heterocycles. The Morgan fingerprint density at radius 1 is 1.64 bits per heavy atom. The van der Waals surface area contributed by atoms with E-state index in [4.69, 9.17) is 29.2 Å². The van der Waals surface area contributed by atoms with Gasteiger partial charge in [0.05, 0.1) is 17.8 Å². The minimum Gasteiger partial charge on any atom is -0.500 e. The van der Waals surface area contributed by atoms with Gasteiger partial charge in [-0.3, -0.25) is 0 Å². The summed E-state index contributed by atoms with van der Waals surface area (Å²) in [6.07, 6.45) is 1.64. The van der Waals surface area contributed by atoms with Crippen molar-refractivity contribution in [2.24, 2.45) is 0 Å². The zero-order chi connectivity index (χ0) is 8.27. The maximum atomic E-state index is 5.07. The topological polar surface area (TPSA) is 21.3 Å². The summed E-state index contributed by atoms with van der Waals surface area (Å²) in [5, 5.41) is 2.85. The number of thiocarbonyl (C=S) groups is 2. The predicted molar refractivity (Wildman–Crippen MR) is 55.6 cm³/mol. The molecule has 60 valence electrons. The molecule has 2 nitrogen and oxygen atoms in total. The predicted octanol–water partition coefficient (Wildman–Crippen LogP) is 1.81. The summed E-state index contributed by atoms with van der Waals surface area (Å²) in [5.41, 5.74) is 0. The SMILES string of the molecule is CCOC=C1SC(=S)NC1=S. The van der Waals surface area contributed by atoms with Gasteiger partial charge >= 0.3 is 0 Å². The van der Waals surface area contributed by atoms with Crippen molar-refractivity contribution in [2.45, 2.75) is 6.92 Å². The standard InChI is InChI=1S/C6H7NOS3/c1-2-8-3-4-5(9)7-6(10)11-4/h3H,2H2,1H3,(H,7,9,10). The fourth-order valence-electron chi connectivity index (χ4n) is 0.563. The van der Waals surface area contributed by atoms with Crippen molar-refractivity contribution < 1.29 is 4.74 Å². The lowest BCUT2D eigenvalue weighted by molar-refractivity contribution is 0.269. The van der Waals surface area contributed by atoms with Gasteiger partial charge in [-0.05, 0) is 6.92 Å². The Kier molecular flexibility index (Phi) is 3.29. The van der Waals surface area contributed by atoms with E-state index in [1.54, 1.807) is 6.26 Å². The van der Waals surface area contributed by atoms with Crippen LogP contribution in [-0.4, -0.2) is 15.9 Å². The average molecular weight is 205 g/mol. The molecule has 0 aromatic rings. The van der Waals surface area contributed by atoms with Crippen LogP contribution in [0.15, 0.2) is 11.2 Å². The van der Waals surface area contributed by atoms with Gasteiger partial charge in [-0.25, -0.2) is 0 Å². The minimum atomic E-state index is 0.652. The summed E-state index contributed by atoms with van der Waals surface area (Å²) in [6.45, 7) is 2.57. The summed E-state index contributed by atoms with van der Waals surface area (Å²) >= 11 is 11.3. The van der Waals surface area contributed by atoms with E-state index in [-0.39, 0.29) is 0 Å². The lowest BCUT2D eigenvalue weighted by Gasteiger charge is -1.94. The molecule has 0 spiro atoms. The van der Waals surface area contributed by atoms with Gasteiger partial charge in [0.25, 0.3) is 0 Å². The molecule has 5 heteroatoms. The summed E-state index contributed by atoms with van der Waals surface area (Å²) in [6, 6.07) is 0. The minimum absolute atomic E-state index is 0.652. The van der Waals surface area contributed by atoms with Crippen molar-refractivity contribution in [1.29, 1.82) is 0 Å². The van der Waals surface area contributed by atoms with Crippen molar-refractivity contribution in [3.05, 3.63) is 11.2 Å². The number of hydrogen-bond acceptors (Lipinski definition) is 4. The fraction of sp³-hybridized carbons (Fsp3) is 0.333.